The number of methoxy groups -OCH3 is 1. The first kappa shape index (κ1) is 15.5. The van der Waals surface area contributed by atoms with Crippen LogP contribution in [0.1, 0.15) is 11.1 Å². The van der Waals surface area contributed by atoms with Crippen molar-refractivity contribution in [1.82, 2.24) is 5.32 Å². The third-order valence-electron chi connectivity index (χ3n) is 3.11. The van der Waals surface area contributed by atoms with Gasteiger partial charge in [0, 0.05) is 25.8 Å². The van der Waals surface area contributed by atoms with Crippen molar-refractivity contribution in [1.29, 1.82) is 0 Å². The number of hydrogen-bond acceptors (Lipinski definition) is 3. The molecular formula is C17H20FNO2. The molecule has 0 bridgehead atoms. The van der Waals surface area contributed by atoms with Gasteiger partial charge < -0.3 is 14.8 Å². The molecule has 0 aromatic heterocycles. The van der Waals surface area contributed by atoms with Gasteiger partial charge in [-0.2, -0.15) is 0 Å². The molecule has 0 radical (unpaired) electrons. The van der Waals surface area contributed by atoms with Crippen LogP contribution in [0.5, 0.6) is 11.5 Å². The first-order chi connectivity index (χ1) is 10.2. The Bertz CT molecular complexity index is 570. The minimum absolute atomic E-state index is 0.274. The zero-order valence-electron chi connectivity index (χ0n) is 12.4. The van der Waals surface area contributed by atoms with Crippen molar-refractivity contribution in [2.75, 3.05) is 20.3 Å². The van der Waals surface area contributed by atoms with Gasteiger partial charge in [-0.1, -0.05) is 23.8 Å². The molecule has 0 aliphatic carbocycles. The van der Waals surface area contributed by atoms with Crippen molar-refractivity contribution in [3.8, 4) is 11.5 Å². The predicted octanol–water partition coefficient (Wildman–Crippen LogP) is 3.66. The van der Waals surface area contributed by atoms with Crippen molar-refractivity contribution in [2.24, 2.45) is 0 Å². The van der Waals surface area contributed by atoms with E-state index in [1.165, 1.54) is 6.07 Å². The van der Waals surface area contributed by atoms with Crippen LogP contribution < -0.4 is 10.1 Å². The Balaban J connectivity index is 2.11. The molecular weight excluding hydrogens is 269 g/mol. The van der Waals surface area contributed by atoms with E-state index in [0.717, 1.165) is 5.56 Å². The summed E-state index contributed by atoms with van der Waals surface area (Å²) in [6.45, 7) is 3.66. The maximum absolute atomic E-state index is 14.0. The van der Waals surface area contributed by atoms with Crippen LogP contribution in [0.4, 0.5) is 4.39 Å². The minimum atomic E-state index is -0.274. The molecule has 0 saturated heterocycles. The first-order valence-corrected chi connectivity index (χ1v) is 6.92. The van der Waals surface area contributed by atoms with Gasteiger partial charge >= 0.3 is 0 Å². The number of ether oxygens (including phenoxy) is 2. The van der Waals surface area contributed by atoms with Gasteiger partial charge in [-0.05, 0) is 31.2 Å². The summed E-state index contributed by atoms with van der Waals surface area (Å²) in [6.07, 6.45) is 0. The van der Waals surface area contributed by atoms with Gasteiger partial charge in [0.05, 0.1) is 6.61 Å². The standard InChI is InChI=1S/C17H20FNO2/c1-13-6-8-14(9-7-13)21-17-5-3-4-16(18)15(17)12-19-10-11-20-2/h3-9,19H,10-12H2,1-2H3. The molecule has 0 aliphatic heterocycles. The normalized spacial score (nSPS) is 10.6. The monoisotopic (exact) mass is 289 g/mol. The van der Waals surface area contributed by atoms with E-state index in [0.29, 0.717) is 36.8 Å². The van der Waals surface area contributed by atoms with Gasteiger partial charge in [-0.25, -0.2) is 4.39 Å². The van der Waals surface area contributed by atoms with E-state index >= 15 is 0 Å². The molecule has 0 fully saturated rings. The third-order valence-corrected chi connectivity index (χ3v) is 3.11. The molecule has 1 N–H and O–H groups in total. The quantitative estimate of drug-likeness (QED) is 0.789. The largest absolute Gasteiger partial charge is 0.457 e. The van der Waals surface area contributed by atoms with E-state index in [9.17, 15) is 4.39 Å². The highest BCUT2D eigenvalue weighted by Crippen LogP contribution is 2.27. The second-order valence-electron chi connectivity index (χ2n) is 4.80. The van der Waals surface area contributed by atoms with Crippen LogP contribution in [-0.4, -0.2) is 20.3 Å². The average molecular weight is 289 g/mol. The van der Waals surface area contributed by atoms with Gasteiger partial charge in [-0.3, -0.25) is 0 Å². The van der Waals surface area contributed by atoms with E-state index in [1.807, 2.05) is 31.2 Å². The molecule has 0 atom stereocenters. The molecule has 0 aliphatic rings. The lowest BCUT2D eigenvalue weighted by Crippen LogP contribution is -2.19. The first-order valence-electron chi connectivity index (χ1n) is 6.92. The summed E-state index contributed by atoms with van der Waals surface area (Å²) in [5, 5.41) is 3.13. The molecule has 4 heteroatoms. The molecule has 2 aromatic rings. The molecule has 112 valence electrons. The molecule has 2 rings (SSSR count). The van der Waals surface area contributed by atoms with E-state index in [-0.39, 0.29) is 5.82 Å². The average Bonchev–Trinajstić information content (AvgIpc) is 2.48. The summed E-state index contributed by atoms with van der Waals surface area (Å²) in [5.74, 6) is 0.956. The fraction of sp³-hybridized carbons (Fsp3) is 0.294. The molecule has 21 heavy (non-hydrogen) atoms. The zero-order chi connectivity index (χ0) is 15.1. The molecule has 3 nitrogen and oxygen atoms in total. The van der Waals surface area contributed by atoms with Gasteiger partial charge in [0.25, 0.3) is 0 Å². The van der Waals surface area contributed by atoms with Crippen LogP contribution in [0.2, 0.25) is 0 Å². The highest BCUT2D eigenvalue weighted by atomic mass is 19.1. The van der Waals surface area contributed by atoms with Crippen LogP contribution in [0.25, 0.3) is 0 Å². The Labute approximate surface area is 124 Å². The summed E-state index contributed by atoms with van der Waals surface area (Å²) in [5.41, 5.74) is 1.68. The van der Waals surface area contributed by atoms with Gasteiger partial charge in [0.2, 0.25) is 0 Å². The van der Waals surface area contributed by atoms with Crippen molar-refractivity contribution < 1.29 is 13.9 Å². The molecule has 0 amide bonds. The summed E-state index contributed by atoms with van der Waals surface area (Å²) in [7, 11) is 1.64. The SMILES string of the molecule is COCCNCc1c(F)cccc1Oc1ccc(C)cc1. The lowest BCUT2D eigenvalue weighted by Gasteiger charge is -2.13. The Morgan fingerprint density at radius 2 is 1.86 bits per heavy atom. The number of rotatable bonds is 7. The summed E-state index contributed by atoms with van der Waals surface area (Å²) < 4.78 is 24.7. The van der Waals surface area contributed by atoms with E-state index in [1.54, 1.807) is 19.2 Å². The lowest BCUT2D eigenvalue weighted by molar-refractivity contribution is 0.199. The van der Waals surface area contributed by atoms with Crippen LogP contribution >= 0.6 is 0 Å². The van der Waals surface area contributed by atoms with Crippen LogP contribution in [-0.2, 0) is 11.3 Å². The number of aryl methyl sites for hydroxylation is 1. The van der Waals surface area contributed by atoms with Gasteiger partial charge in [0.1, 0.15) is 17.3 Å². The number of nitrogens with one attached hydrogen (secondary N) is 1. The summed E-state index contributed by atoms with van der Waals surface area (Å²) >= 11 is 0. The van der Waals surface area contributed by atoms with Crippen molar-refractivity contribution in [3.63, 3.8) is 0 Å². The lowest BCUT2D eigenvalue weighted by atomic mass is 10.2. The number of halogens is 1. The topological polar surface area (TPSA) is 30.5 Å². The highest BCUT2D eigenvalue weighted by Gasteiger charge is 2.10. The maximum atomic E-state index is 14.0. The second kappa shape index (κ2) is 7.76. The van der Waals surface area contributed by atoms with Crippen LogP contribution in [0, 0.1) is 12.7 Å². The Hall–Kier alpha value is -1.91. The predicted molar refractivity (Wildman–Crippen MR) is 81.2 cm³/mol. The van der Waals surface area contributed by atoms with Gasteiger partial charge in [-0.15, -0.1) is 0 Å². The van der Waals surface area contributed by atoms with Gasteiger partial charge in [0.15, 0.2) is 0 Å². The Kier molecular flexibility index (Phi) is 5.72. The third kappa shape index (κ3) is 4.55. The molecule has 2 aromatic carbocycles. The van der Waals surface area contributed by atoms with E-state index < -0.39 is 0 Å². The summed E-state index contributed by atoms with van der Waals surface area (Å²) in [4.78, 5) is 0. The maximum Gasteiger partial charge on any atom is 0.134 e. The Morgan fingerprint density at radius 1 is 1.10 bits per heavy atom. The van der Waals surface area contributed by atoms with Crippen molar-refractivity contribution in [2.45, 2.75) is 13.5 Å². The fourth-order valence-electron chi connectivity index (χ4n) is 1.93. The number of hydrogen-bond donors (Lipinski definition) is 1. The van der Waals surface area contributed by atoms with Crippen molar-refractivity contribution in [3.05, 3.63) is 59.4 Å². The van der Waals surface area contributed by atoms with Crippen LogP contribution in [0.3, 0.4) is 0 Å². The van der Waals surface area contributed by atoms with Crippen molar-refractivity contribution >= 4 is 0 Å². The van der Waals surface area contributed by atoms with E-state index in [4.69, 9.17) is 9.47 Å². The second-order valence-corrected chi connectivity index (χ2v) is 4.80. The molecule has 0 unspecified atom stereocenters. The minimum Gasteiger partial charge on any atom is -0.457 e. The molecule has 0 saturated carbocycles. The number of benzene rings is 2. The van der Waals surface area contributed by atoms with Crippen LogP contribution in [0.15, 0.2) is 42.5 Å². The highest BCUT2D eigenvalue weighted by molar-refractivity contribution is 5.39. The molecule has 0 heterocycles. The molecule has 0 spiro atoms. The zero-order valence-corrected chi connectivity index (χ0v) is 12.4. The smallest absolute Gasteiger partial charge is 0.134 e. The van der Waals surface area contributed by atoms with E-state index in [2.05, 4.69) is 5.32 Å². The Morgan fingerprint density at radius 3 is 2.57 bits per heavy atom. The fourth-order valence-corrected chi connectivity index (χ4v) is 1.93. The summed E-state index contributed by atoms with van der Waals surface area (Å²) in [6, 6.07) is 12.5.